The van der Waals surface area contributed by atoms with Crippen molar-refractivity contribution in [2.45, 2.75) is 18.9 Å². The van der Waals surface area contributed by atoms with Crippen LogP contribution in [0.1, 0.15) is 23.8 Å². The Morgan fingerprint density at radius 1 is 1.18 bits per heavy atom. The Labute approximate surface area is 135 Å². The van der Waals surface area contributed by atoms with Gasteiger partial charge in [0.05, 0.1) is 12.6 Å². The zero-order valence-corrected chi connectivity index (χ0v) is 13.4. The van der Waals surface area contributed by atoms with E-state index in [9.17, 15) is 0 Å². The van der Waals surface area contributed by atoms with E-state index in [1.807, 2.05) is 30.3 Å². The maximum Gasteiger partial charge on any atom is 0.193 e. The Kier molecular flexibility index (Phi) is 5.08. The van der Waals surface area contributed by atoms with E-state index < -0.39 is 0 Å². The van der Waals surface area contributed by atoms with Crippen LogP contribution in [0.25, 0.3) is 0 Å². The molecule has 5 heteroatoms. The molecule has 3 N–H and O–H groups in total. The molecule has 2 aromatic rings. The van der Waals surface area contributed by atoms with Crippen molar-refractivity contribution < 1.29 is 0 Å². The van der Waals surface area contributed by atoms with Gasteiger partial charge in [0.15, 0.2) is 5.96 Å². The minimum Gasteiger partial charge on any atom is -0.370 e. The Morgan fingerprint density at radius 3 is 2.64 bits per heavy atom. The van der Waals surface area contributed by atoms with Gasteiger partial charge in [-0.3, -0.25) is 9.89 Å². The number of aliphatic imine (C=N–C) groups is 1. The van der Waals surface area contributed by atoms with Gasteiger partial charge in [0.1, 0.15) is 0 Å². The molecule has 3 rings (SSSR count). The molecule has 0 saturated carbocycles. The summed E-state index contributed by atoms with van der Waals surface area (Å²) >= 11 is 1.80. The van der Waals surface area contributed by atoms with E-state index in [-0.39, 0.29) is 0 Å². The molecular formula is C17H22N4S. The summed E-state index contributed by atoms with van der Waals surface area (Å²) < 4.78 is 0. The van der Waals surface area contributed by atoms with E-state index in [2.05, 4.69) is 32.7 Å². The summed E-state index contributed by atoms with van der Waals surface area (Å²) in [5.41, 5.74) is 7.00. The molecule has 0 radical (unpaired) electrons. The molecule has 1 atom stereocenters. The van der Waals surface area contributed by atoms with Crippen LogP contribution in [-0.2, 0) is 0 Å². The van der Waals surface area contributed by atoms with E-state index in [1.54, 1.807) is 11.3 Å². The van der Waals surface area contributed by atoms with Crippen molar-refractivity contribution in [3.63, 3.8) is 0 Å². The second-order valence-corrected chi connectivity index (χ2v) is 6.47. The largest absolute Gasteiger partial charge is 0.370 e. The Morgan fingerprint density at radius 2 is 1.95 bits per heavy atom. The van der Waals surface area contributed by atoms with Gasteiger partial charge in [-0.25, -0.2) is 0 Å². The molecule has 1 aliphatic rings. The number of para-hydroxylation sites is 1. The van der Waals surface area contributed by atoms with E-state index in [0.717, 1.165) is 18.8 Å². The molecule has 4 nitrogen and oxygen atoms in total. The van der Waals surface area contributed by atoms with Crippen LogP contribution in [0.3, 0.4) is 0 Å². The number of thiophene rings is 1. The number of hydrogen-bond donors (Lipinski definition) is 2. The Hall–Kier alpha value is -1.85. The molecule has 0 amide bonds. The van der Waals surface area contributed by atoms with Crippen LogP contribution >= 0.6 is 11.3 Å². The minimum absolute atomic E-state index is 0.346. The molecular weight excluding hydrogens is 292 g/mol. The van der Waals surface area contributed by atoms with Gasteiger partial charge in [0.25, 0.3) is 0 Å². The smallest absolute Gasteiger partial charge is 0.193 e. The van der Waals surface area contributed by atoms with Gasteiger partial charge in [0.2, 0.25) is 0 Å². The summed E-state index contributed by atoms with van der Waals surface area (Å²) in [5, 5.41) is 5.28. The fraction of sp³-hybridized carbons (Fsp3) is 0.353. The number of guanidine groups is 1. The Balaban J connectivity index is 1.66. The average molecular weight is 314 g/mol. The topological polar surface area (TPSA) is 53.6 Å². The maximum atomic E-state index is 6.03. The first-order chi connectivity index (χ1) is 10.8. The third kappa shape index (κ3) is 3.87. The highest BCUT2D eigenvalue weighted by Gasteiger charge is 2.23. The molecule has 1 aliphatic heterocycles. The number of anilines is 1. The van der Waals surface area contributed by atoms with E-state index >= 15 is 0 Å². The van der Waals surface area contributed by atoms with Crippen LogP contribution in [0, 0.1) is 0 Å². The van der Waals surface area contributed by atoms with Crippen molar-refractivity contribution in [3.8, 4) is 0 Å². The number of likely N-dealkylation sites (tertiary alicyclic amines) is 1. The first-order valence-corrected chi connectivity index (χ1v) is 8.60. The number of nitrogens with one attached hydrogen (secondary N) is 1. The molecule has 0 bridgehead atoms. The molecule has 0 spiro atoms. The normalized spacial score (nSPS) is 17.5. The van der Waals surface area contributed by atoms with Crippen molar-refractivity contribution in [1.29, 1.82) is 0 Å². The summed E-state index contributed by atoms with van der Waals surface area (Å²) in [6.07, 6.45) is 2.56. The van der Waals surface area contributed by atoms with Crippen molar-refractivity contribution in [3.05, 3.63) is 52.7 Å². The molecule has 1 aromatic heterocycles. The highest BCUT2D eigenvalue weighted by atomic mass is 32.1. The summed E-state index contributed by atoms with van der Waals surface area (Å²) in [4.78, 5) is 8.46. The van der Waals surface area contributed by atoms with Gasteiger partial charge in [-0.15, -0.1) is 11.3 Å². The van der Waals surface area contributed by atoms with Gasteiger partial charge >= 0.3 is 0 Å². The second kappa shape index (κ2) is 7.42. The van der Waals surface area contributed by atoms with Crippen LogP contribution in [0.2, 0.25) is 0 Å². The number of benzene rings is 1. The van der Waals surface area contributed by atoms with Crippen LogP contribution in [0.4, 0.5) is 5.69 Å². The lowest BCUT2D eigenvalue weighted by atomic mass is 10.2. The number of hydrogen-bond acceptors (Lipinski definition) is 3. The van der Waals surface area contributed by atoms with Gasteiger partial charge in [-0.1, -0.05) is 24.3 Å². The summed E-state index contributed by atoms with van der Waals surface area (Å²) in [6.45, 7) is 3.01. The summed E-state index contributed by atoms with van der Waals surface area (Å²) in [6, 6.07) is 14.6. The first kappa shape index (κ1) is 15.1. The van der Waals surface area contributed by atoms with Gasteiger partial charge in [-0.05, 0) is 49.5 Å². The molecule has 1 aromatic carbocycles. The summed E-state index contributed by atoms with van der Waals surface area (Å²) in [5.74, 6) is 0.479. The van der Waals surface area contributed by atoms with Crippen molar-refractivity contribution >= 4 is 23.0 Å². The number of rotatable bonds is 5. The van der Waals surface area contributed by atoms with E-state index in [1.165, 1.54) is 17.7 Å². The SMILES string of the molecule is NC(=NC[C@H](c1cccs1)N1CCCC1)Nc1ccccc1. The first-order valence-electron chi connectivity index (χ1n) is 7.72. The average Bonchev–Trinajstić information content (AvgIpc) is 3.22. The van der Waals surface area contributed by atoms with Crippen LogP contribution < -0.4 is 11.1 Å². The van der Waals surface area contributed by atoms with E-state index in [4.69, 9.17) is 5.73 Å². The van der Waals surface area contributed by atoms with Crippen molar-refractivity contribution in [2.24, 2.45) is 10.7 Å². The fourth-order valence-electron chi connectivity index (χ4n) is 2.81. The quantitative estimate of drug-likeness (QED) is 0.657. The predicted molar refractivity (Wildman–Crippen MR) is 94.4 cm³/mol. The van der Waals surface area contributed by atoms with Gasteiger partial charge < -0.3 is 11.1 Å². The third-order valence-corrected chi connectivity index (χ3v) is 4.91. The number of nitrogens with zero attached hydrogens (tertiary/aromatic N) is 2. The van der Waals surface area contributed by atoms with Crippen LogP contribution in [0.15, 0.2) is 52.8 Å². The molecule has 2 heterocycles. The summed E-state index contributed by atoms with van der Waals surface area (Å²) in [7, 11) is 0. The molecule has 22 heavy (non-hydrogen) atoms. The monoisotopic (exact) mass is 314 g/mol. The lowest BCUT2D eigenvalue weighted by Gasteiger charge is -2.25. The molecule has 116 valence electrons. The third-order valence-electron chi connectivity index (χ3n) is 3.93. The number of nitrogens with two attached hydrogens (primary N) is 1. The minimum atomic E-state index is 0.346. The highest BCUT2D eigenvalue weighted by Crippen LogP contribution is 2.28. The van der Waals surface area contributed by atoms with Crippen LogP contribution in [0.5, 0.6) is 0 Å². The Bertz CT molecular complexity index is 588. The molecule has 1 fully saturated rings. The molecule has 1 saturated heterocycles. The second-order valence-electron chi connectivity index (χ2n) is 5.49. The predicted octanol–water partition coefficient (Wildman–Crippen LogP) is 3.31. The zero-order valence-electron chi connectivity index (χ0n) is 12.6. The van der Waals surface area contributed by atoms with Gasteiger partial charge in [0, 0.05) is 10.6 Å². The highest BCUT2D eigenvalue weighted by molar-refractivity contribution is 7.10. The standard InChI is InChI=1S/C17H22N4S/c18-17(20-14-7-2-1-3-8-14)19-13-15(16-9-6-12-22-16)21-10-4-5-11-21/h1-3,6-9,12,15H,4-5,10-11,13H2,(H3,18,19,20)/t15-/m1/s1. The van der Waals surface area contributed by atoms with Crippen LogP contribution in [-0.4, -0.2) is 30.5 Å². The molecule has 0 aliphatic carbocycles. The van der Waals surface area contributed by atoms with E-state index in [0.29, 0.717) is 18.5 Å². The maximum absolute atomic E-state index is 6.03. The lowest BCUT2D eigenvalue weighted by Crippen LogP contribution is -2.29. The van der Waals surface area contributed by atoms with Gasteiger partial charge in [-0.2, -0.15) is 0 Å². The zero-order chi connectivity index (χ0) is 15.2. The van der Waals surface area contributed by atoms with Crippen molar-refractivity contribution in [2.75, 3.05) is 25.0 Å². The fourth-order valence-corrected chi connectivity index (χ4v) is 3.67. The van der Waals surface area contributed by atoms with Crippen molar-refractivity contribution in [1.82, 2.24) is 4.90 Å². The lowest BCUT2D eigenvalue weighted by molar-refractivity contribution is 0.255. The molecule has 0 unspecified atom stereocenters.